The van der Waals surface area contributed by atoms with Crippen molar-refractivity contribution < 1.29 is 9.90 Å². The number of rotatable bonds is 5. The number of carbonyl (C=O) groups excluding carboxylic acids is 1. The Morgan fingerprint density at radius 1 is 1.30 bits per heavy atom. The molecular weight excluding hydrogens is 292 g/mol. The fraction of sp³-hybridized carbons (Fsp3) is 0.765. The molecule has 2 heterocycles. The highest BCUT2D eigenvalue weighted by Gasteiger charge is 2.27. The van der Waals surface area contributed by atoms with E-state index in [0.717, 1.165) is 38.2 Å². The van der Waals surface area contributed by atoms with Gasteiger partial charge >= 0.3 is 0 Å². The third-order valence-corrected chi connectivity index (χ3v) is 4.54. The number of nitrogens with zero attached hydrogens (tertiary/aromatic N) is 4. The second-order valence-electron chi connectivity index (χ2n) is 7.59. The molecule has 6 nitrogen and oxygen atoms in total. The van der Waals surface area contributed by atoms with E-state index >= 15 is 0 Å². The lowest BCUT2D eigenvalue weighted by atomic mass is 9.89. The van der Waals surface area contributed by atoms with Gasteiger partial charge in [0.15, 0.2) is 0 Å². The number of hydrogen-bond donors (Lipinski definition) is 1. The summed E-state index contributed by atoms with van der Waals surface area (Å²) in [6, 6.07) is 0. The van der Waals surface area contributed by atoms with Crippen molar-refractivity contribution in [1.29, 1.82) is 0 Å². The van der Waals surface area contributed by atoms with Crippen LogP contribution in [-0.4, -0.2) is 69.4 Å². The number of β-amino-alcohol motifs (C(OH)–C–C–N with tert-alkyl or cyclic N) is 1. The lowest BCUT2D eigenvalue weighted by Crippen LogP contribution is -2.51. The molecular formula is C17H30N4O2. The minimum Gasteiger partial charge on any atom is -0.391 e. The number of aliphatic hydroxyl groups excluding tert-OH is 1. The molecule has 1 aliphatic rings. The summed E-state index contributed by atoms with van der Waals surface area (Å²) >= 11 is 0. The minimum absolute atomic E-state index is 0.101. The van der Waals surface area contributed by atoms with Gasteiger partial charge in [0.05, 0.1) is 12.3 Å². The number of aliphatic hydroxyl groups is 1. The molecule has 1 amide bonds. The van der Waals surface area contributed by atoms with Crippen molar-refractivity contribution in [3.63, 3.8) is 0 Å². The van der Waals surface area contributed by atoms with E-state index in [1.807, 2.05) is 24.3 Å². The first-order valence-electron chi connectivity index (χ1n) is 8.41. The zero-order chi connectivity index (χ0) is 17.0. The minimum atomic E-state index is -0.338. The quantitative estimate of drug-likeness (QED) is 0.875. The van der Waals surface area contributed by atoms with Crippen LogP contribution in [-0.2, 0) is 18.3 Å². The lowest BCUT2D eigenvalue weighted by molar-refractivity contribution is -0.133. The van der Waals surface area contributed by atoms with E-state index < -0.39 is 0 Å². The number of carbonyl (C=O) groups is 1. The second-order valence-corrected chi connectivity index (χ2v) is 7.59. The molecule has 1 aromatic rings. The topological polar surface area (TPSA) is 61.6 Å². The first kappa shape index (κ1) is 17.9. The number of piperazine rings is 1. The third-order valence-electron chi connectivity index (χ3n) is 4.54. The van der Waals surface area contributed by atoms with E-state index in [0.29, 0.717) is 13.0 Å². The monoisotopic (exact) mass is 322 g/mol. The molecule has 1 atom stereocenters. The first-order chi connectivity index (χ1) is 10.8. The van der Waals surface area contributed by atoms with E-state index in [4.69, 9.17) is 0 Å². The van der Waals surface area contributed by atoms with E-state index in [-0.39, 0.29) is 17.4 Å². The number of hydrogen-bond acceptors (Lipinski definition) is 4. The average molecular weight is 322 g/mol. The van der Waals surface area contributed by atoms with Crippen LogP contribution in [0.2, 0.25) is 0 Å². The molecule has 0 bridgehead atoms. The molecule has 1 fully saturated rings. The van der Waals surface area contributed by atoms with Crippen LogP contribution < -0.4 is 0 Å². The summed E-state index contributed by atoms with van der Waals surface area (Å²) in [4.78, 5) is 16.5. The summed E-state index contributed by atoms with van der Waals surface area (Å²) in [6.07, 6.45) is 4.72. The second kappa shape index (κ2) is 7.45. The van der Waals surface area contributed by atoms with Crippen molar-refractivity contribution in [2.45, 2.75) is 39.7 Å². The van der Waals surface area contributed by atoms with Crippen LogP contribution in [0.5, 0.6) is 0 Å². The summed E-state index contributed by atoms with van der Waals surface area (Å²) in [5.74, 6) is 0.213. The Hall–Kier alpha value is -1.40. The van der Waals surface area contributed by atoms with Gasteiger partial charge in [-0.2, -0.15) is 5.10 Å². The molecule has 2 rings (SSSR count). The number of amides is 1. The molecule has 23 heavy (non-hydrogen) atoms. The molecule has 1 N–H and O–H groups in total. The Morgan fingerprint density at radius 3 is 2.48 bits per heavy atom. The third kappa shape index (κ3) is 5.32. The van der Waals surface area contributed by atoms with Crippen molar-refractivity contribution in [2.24, 2.45) is 12.5 Å². The SMILES string of the molecule is Cn1cc(CCC(=O)N2CCN(C[C@@H](O)C(C)(C)C)CC2)cn1. The highest BCUT2D eigenvalue weighted by atomic mass is 16.3. The van der Waals surface area contributed by atoms with Gasteiger partial charge in [-0.1, -0.05) is 20.8 Å². The molecule has 1 aliphatic heterocycles. The lowest BCUT2D eigenvalue weighted by Gasteiger charge is -2.38. The fourth-order valence-corrected chi connectivity index (χ4v) is 2.71. The highest BCUT2D eigenvalue weighted by Crippen LogP contribution is 2.20. The normalized spacial score (nSPS) is 18.2. The molecule has 1 aromatic heterocycles. The van der Waals surface area contributed by atoms with Crippen LogP contribution in [0.3, 0.4) is 0 Å². The Labute approximate surface area is 139 Å². The molecule has 6 heteroatoms. The molecule has 0 aliphatic carbocycles. The van der Waals surface area contributed by atoms with Crippen LogP contribution >= 0.6 is 0 Å². The van der Waals surface area contributed by atoms with Crippen molar-refractivity contribution >= 4 is 5.91 Å². The van der Waals surface area contributed by atoms with Gasteiger partial charge in [-0.25, -0.2) is 0 Å². The van der Waals surface area contributed by atoms with Crippen molar-refractivity contribution in [2.75, 3.05) is 32.7 Å². The van der Waals surface area contributed by atoms with E-state index in [9.17, 15) is 9.90 Å². The molecule has 0 aromatic carbocycles. The largest absolute Gasteiger partial charge is 0.391 e. The summed E-state index contributed by atoms with van der Waals surface area (Å²) in [7, 11) is 1.89. The maximum Gasteiger partial charge on any atom is 0.222 e. The Bertz CT molecular complexity index is 513. The zero-order valence-corrected chi connectivity index (χ0v) is 14.8. The summed E-state index contributed by atoms with van der Waals surface area (Å²) in [5.41, 5.74) is 1.00. The zero-order valence-electron chi connectivity index (χ0n) is 14.8. The van der Waals surface area contributed by atoms with Crippen molar-refractivity contribution in [3.8, 4) is 0 Å². The van der Waals surface area contributed by atoms with Gasteiger partial charge in [-0.05, 0) is 17.4 Å². The summed E-state index contributed by atoms with van der Waals surface area (Å²) < 4.78 is 1.76. The maximum atomic E-state index is 12.3. The van der Waals surface area contributed by atoms with Crippen molar-refractivity contribution in [3.05, 3.63) is 18.0 Å². The molecule has 1 saturated heterocycles. The predicted molar refractivity (Wildman–Crippen MR) is 90.0 cm³/mol. The van der Waals surface area contributed by atoms with Gasteiger partial charge in [-0.3, -0.25) is 14.4 Å². The number of aryl methyl sites for hydroxylation is 2. The summed E-state index contributed by atoms with van der Waals surface area (Å²) in [6.45, 7) is 10.0. The van der Waals surface area contributed by atoms with Gasteiger partial charge < -0.3 is 10.0 Å². The van der Waals surface area contributed by atoms with Gasteiger partial charge in [0.25, 0.3) is 0 Å². The van der Waals surface area contributed by atoms with E-state index in [1.165, 1.54) is 0 Å². The van der Waals surface area contributed by atoms with Gasteiger partial charge in [0.1, 0.15) is 0 Å². The van der Waals surface area contributed by atoms with Crippen LogP contribution in [0.25, 0.3) is 0 Å². The highest BCUT2D eigenvalue weighted by molar-refractivity contribution is 5.76. The van der Waals surface area contributed by atoms with Gasteiger partial charge in [0, 0.05) is 52.4 Å². The van der Waals surface area contributed by atoms with Gasteiger partial charge in [0.2, 0.25) is 5.91 Å². The average Bonchev–Trinajstić information content (AvgIpc) is 2.90. The standard InChI is InChI=1S/C17H30N4O2/c1-17(2,3)15(22)13-20-7-9-21(10-8-20)16(23)6-5-14-11-18-19(4)12-14/h11-12,15,22H,5-10,13H2,1-4H3/t15-/m1/s1. The summed E-state index contributed by atoms with van der Waals surface area (Å²) in [5, 5.41) is 14.3. The van der Waals surface area contributed by atoms with Crippen LogP contribution in [0.4, 0.5) is 0 Å². The molecule has 0 spiro atoms. The fourth-order valence-electron chi connectivity index (χ4n) is 2.71. The van der Waals surface area contributed by atoms with E-state index in [2.05, 4.69) is 30.8 Å². The first-order valence-corrected chi connectivity index (χ1v) is 8.41. The van der Waals surface area contributed by atoms with Crippen LogP contribution in [0.15, 0.2) is 12.4 Å². The Kier molecular flexibility index (Phi) is 5.81. The molecule has 0 radical (unpaired) electrons. The smallest absolute Gasteiger partial charge is 0.222 e. The van der Waals surface area contributed by atoms with Crippen LogP contribution in [0, 0.1) is 5.41 Å². The number of aromatic nitrogens is 2. The Balaban J connectivity index is 1.72. The van der Waals surface area contributed by atoms with Crippen molar-refractivity contribution in [1.82, 2.24) is 19.6 Å². The molecule has 130 valence electrons. The molecule has 0 unspecified atom stereocenters. The maximum absolute atomic E-state index is 12.3. The van der Waals surface area contributed by atoms with Gasteiger partial charge in [-0.15, -0.1) is 0 Å². The molecule has 0 saturated carbocycles. The Morgan fingerprint density at radius 2 is 1.96 bits per heavy atom. The predicted octanol–water partition coefficient (Wildman–Crippen LogP) is 0.904. The van der Waals surface area contributed by atoms with Crippen LogP contribution in [0.1, 0.15) is 32.8 Å². The van der Waals surface area contributed by atoms with E-state index in [1.54, 1.807) is 4.68 Å².